The molecule has 3 fully saturated rings. The number of phenols is 1. The lowest BCUT2D eigenvalue weighted by molar-refractivity contribution is -0.138. The highest BCUT2D eigenvalue weighted by Crippen LogP contribution is 2.48. The van der Waals surface area contributed by atoms with Gasteiger partial charge in [0.15, 0.2) is 0 Å². The molecule has 0 radical (unpaired) electrons. The molecule has 2 bridgehead atoms. The minimum Gasteiger partial charge on any atom is -0.508 e. The molecule has 1 amide bonds. The van der Waals surface area contributed by atoms with Crippen molar-refractivity contribution in [2.24, 2.45) is 23.5 Å². The number of carbonyl (C=O) groups excluding carboxylic acids is 1. The van der Waals surface area contributed by atoms with Crippen molar-refractivity contribution in [1.82, 2.24) is 4.90 Å². The number of piperazine rings is 1. The van der Waals surface area contributed by atoms with Gasteiger partial charge in [-0.15, -0.1) is 0 Å². The molecule has 0 aromatic heterocycles. The van der Waals surface area contributed by atoms with Gasteiger partial charge in [-0.05, 0) is 55.4 Å². The molecule has 2 saturated carbocycles. The van der Waals surface area contributed by atoms with Crippen molar-refractivity contribution in [2.45, 2.75) is 25.3 Å². The Morgan fingerprint density at radius 1 is 1.04 bits per heavy atom. The van der Waals surface area contributed by atoms with Gasteiger partial charge in [-0.1, -0.05) is 0 Å². The van der Waals surface area contributed by atoms with Crippen LogP contribution in [0.15, 0.2) is 24.3 Å². The van der Waals surface area contributed by atoms with E-state index in [1.54, 1.807) is 12.1 Å². The molecule has 3 N–H and O–H groups in total. The summed E-state index contributed by atoms with van der Waals surface area (Å²) in [6.07, 6.45) is 3.55. The zero-order valence-corrected chi connectivity index (χ0v) is 13.4. The lowest BCUT2D eigenvalue weighted by atomic mass is 9.84. The van der Waals surface area contributed by atoms with Crippen LogP contribution in [0.5, 0.6) is 5.75 Å². The Morgan fingerprint density at radius 3 is 2.30 bits per heavy atom. The second kappa shape index (κ2) is 5.71. The van der Waals surface area contributed by atoms with Gasteiger partial charge in [0, 0.05) is 37.9 Å². The second-order valence-corrected chi connectivity index (χ2v) is 7.27. The first kappa shape index (κ1) is 14.8. The summed E-state index contributed by atoms with van der Waals surface area (Å²) < 4.78 is 0. The van der Waals surface area contributed by atoms with Crippen LogP contribution in [0.25, 0.3) is 0 Å². The smallest absolute Gasteiger partial charge is 0.227 e. The standard InChI is InChI=1S/C18H25N3O2/c19-17-13-2-1-12(11-13)16(17)18(23)21-9-7-20(8-10-21)14-3-5-15(22)6-4-14/h3-6,12-13,16-17,22H,1-2,7-11,19H2. The van der Waals surface area contributed by atoms with E-state index in [0.29, 0.717) is 11.8 Å². The number of hydrogen-bond acceptors (Lipinski definition) is 4. The average Bonchev–Trinajstić information content (AvgIpc) is 3.16. The van der Waals surface area contributed by atoms with Crippen LogP contribution in [0.2, 0.25) is 0 Å². The number of aromatic hydroxyl groups is 1. The largest absolute Gasteiger partial charge is 0.508 e. The number of carbonyl (C=O) groups is 1. The summed E-state index contributed by atoms with van der Waals surface area (Å²) in [6.45, 7) is 3.21. The third-order valence-electron chi connectivity index (χ3n) is 6.07. The molecular weight excluding hydrogens is 290 g/mol. The van der Waals surface area contributed by atoms with Gasteiger partial charge in [-0.3, -0.25) is 4.79 Å². The fourth-order valence-corrected chi connectivity index (χ4v) is 4.76. The SMILES string of the molecule is NC1C2CCC(C2)C1C(=O)N1CCN(c2ccc(O)cc2)CC1. The summed E-state index contributed by atoms with van der Waals surface area (Å²) in [5.74, 6) is 1.74. The number of amides is 1. The molecule has 4 atom stereocenters. The summed E-state index contributed by atoms with van der Waals surface area (Å²) in [5.41, 5.74) is 7.43. The van der Waals surface area contributed by atoms with Crippen LogP contribution in [0.1, 0.15) is 19.3 Å². The molecule has 5 nitrogen and oxygen atoms in total. The van der Waals surface area contributed by atoms with Gasteiger partial charge in [-0.25, -0.2) is 0 Å². The average molecular weight is 315 g/mol. The van der Waals surface area contributed by atoms with E-state index in [-0.39, 0.29) is 23.6 Å². The third-order valence-corrected chi connectivity index (χ3v) is 6.07. The lowest BCUT2D eigenvalue weighted by Gasteiger charge is -2.39. The number of phenolic OH excluding ortho intramolecular Hbond substituents is 1. The van der Waals surface area contributed by atoms with Crippen molar-refractivity contribution in [3.05, 3.63) is 24.3 Å². The summed E-state index contributed by atoms with van der Waals surface area (Å²) in [4.78, 5) is 17.2. The van der Waals surface area contributed by atoms with Crippen LogP contribution in [-0.2, 0) is 4.79 Å². The Kier molecular flexibility index (Phi) is 3.68. The molecule has 1 heterocycles. The van der Waals surface area contributed by atoms with Gasteiger partial charge in [-0.2, -0.15) is 0 Å². The van der Waals surface area contributed by atoms with Crippen LogP contribution in [0.4, 0.5) is 5.69 Å². The van der Waals surface area contributed by atoms with E-state index in [2.05, 4.69) is 4.90 Å². The monoisotopic (exact) mass is 315 g/mol. The van der Waals surface area contributed by atoms with Crippen molar-refractivity contribution in [3.63, 3.8) is 0 Å². The predicted octanol–water partition coefficient (Wildman–Crippen LogP) is 1.41. The fraction of sp³-hybridized carbons (Fsp3) is 0.611. The van der Waals surface area contributed by atoms with Gasteiger partial charge in [0.25, 0.3) is 0 Å². The van der Waals surface area contributed by atoms with Crippen LogP contribution in [-0.4, -0.2) is 48.1 Å². The van der Waals surface area contributed by atoms with E-state index in [1.165, 1.54) is 12.8 Å². The number of benzene rings is 1. The summed E-state index contributed by atoms with van der Waals surface area (Å²) in [5, 5.41) is 9.38. The van der Waals surface area contributed by atoms with Gasteiger partial charge < -0.3 is 20.6 Å². The molecule has 1 saturated heterocycles. The van der Waals surface area contributed by atoms with Gasteiger partial charge in [0.1, 0.15) is 5.75 Å². The number of nitrogens with zero attached hydrogens (tertiary/aromatic N) is 2. The van der Waals surface area contributed by atoms with E-state index in [0.717, 1.165) is 38.3 Å². The van der Waals surface area contributed by atoms with Crippen molar-refractivity contribution >= 4 is 11.6 Å². The van der Waals surface area contributed by atoms with E-state index in [9.17, 15) is 9.90 Å². The number of nitrogens with two attached hydrogens (primary N) is 1. The third kappa shape index (κ3) is 2.57. The first-order valence-electron chi connectivity index (χ1n) is 8.72. The molecule has 1 aliphatic heterocycles. The minimum atomic E-state index is 0.0639. The molecule has 5 heteroatoms. The molecule has 124 valence electrons. The highest BCUT2D eigenvalue weighted by atomic mass is 16.3. The number of anilines is 1. The fourth-order valence-electron chi connectivity index (χ4n) is 4.76. The number of fused-ring (bicyclic) bond motifs is 2. The van der Waals surface area contributed by atoms with Crippen LogP contribution in [0.3, 0.4) is 0 Å². The van der Waals surface area contributed by atoms with Crippen molar-refractivity contribution < 1.29 is 9.90 Å². The Labute approximate surface area is 137 Å². The number of hydrogen-bond donors (Lipinski definition) is 2. The summed E-state index contributed by atoms with van der Waals surface area (Å²) in [6, 6.07) is 7.36. The zero-order chi connectivity index (χ0) is 16.0. The maximum atomic E-state index is 12.9. The first-order chi connectivity index (χ1) is 11.1. The van der Waals surface area contributed by atoms with Crippen LogP contribution >= 0.6 is 0 Å². The van der Waals surface area contributed by atoms with Gasteiger partial charge >= 0.3 is 0 Å². The zero-order valence-electron chi connectivity index (χ0n) is 13.4. The Morgan fingerprint density at radius 2 is 1.70 bits per heavy atom. The molecule has 23 heavy (non-hydrogen) atoms. The van der Waals surface area contributed by atoms with Gasteiger partial charge in [0.05, 0.1) is 5.92 Å². The highest BCUT2D eigenvalue weighted by Gasteiger charge is 2.50. The molecule has 4 unspecified atom stereocenters. The van der Waals surface area contributed by atoms with E-state index < -0.39 is 0 Å². The van der Waals surface area contributed by atoms with E-state index >= 15 is 0 Å². The number of rotatable bonds is 2. The van der Waals surface area contributed by atoms with Crippen molar-refractivity contribution in [1.29, 1.82) is 0 Å². The molecule has 1 aromatic rings. The minimum absolute atomic E-state index is 0.0639. The highest BCUT2D eigenvalue weighted by molar-refractivity contribution is 5.81. The maximum Gasteiger partial charge on any atom is 0.227 e. The Balaban J connectivity index is 1.38. The molecular formula is C18H25N3O2. The summed E-state index contributed by atoms with van der Waals surface area (Å²) in [7, 11) is 0. The maximum absolute atomic E-state index is 12.9. The molecule has 1 aromatic carbocycles. The van der Waals surface area contributed by atoms with E-state index in [1.807, 2.05) is 17.0 Å². The van der Waals surface area contributed by atoms with E-state index in [4.69, 9.17) is 5.73 Å². The second-order valence-electron chi connectivity index (χ2n) is 7.27. The normalized spacial score (nSPS) is 33.3. The van der Waals surface area contributed by atoms with Crippen LogP contribution in [0, 0.1) is 17.8 Å². The molecule has 4 rings (SSSR count). The Hall–Kier alpha value is -1.75. The molecule has 2 aliphatic carbocycles. The first-order valence-corrected chi connectivity index (χ1v) is 8.72. The van der Waals surface area contributed by atoms with Gasteiger partial charge in [0.2, 0.25) is 5.91 Å². The topological polar surface area (TPSA) is 69.8 Å². The van der Waals surface area contributed by atoms with Crippen LogP contribution < -0.4 is 10.6 Å². The quantitative estimate of drug-likeness (QED) is 0.866. The Bertz CT molecular complexity index is 578. The lowest BCUT2D eigenvalue weighted by Crippen LogP contribution is -2.53. The van der Waals surface area contributed by atoms with Crippen molar-refractivity contribution in [2.75, 3.05) is 31.1 Å². The van der Waals surface area contributed by atoms with Crippen molar-refractivity contribution in [3.8, 4) is 5.75 Å². The molecule has 3 aliphatic rings. The predicted molar refractivity (Wildman–Crippen MR) is 89.2 cm³/mol. The molecule has 0 spiro atoms. The summed E-state index contributed by atoms with van der Waals surface area (Å²) >= 11 is 0.